The standard InChI is InChI=1S/C16H21ClN2O3/c1-3-4-15(20)18-7-9-19(10-8-18)16(21)12-5-6-14(22-2)13(17)11-12/h5-6,11H,3-4,7-10H2,1-2H3. The van der Waals surface area contributed by atoms with Gasteiger partial charge in [-0.15, -0.1) is 0 Å². The third-order valence-corrected chi connectivity index (χ3v) is 4.08. The average Bonchev–Trinajstić information content (AvgIpc) is 2.54. The van der Waals surface area contributed by atoms with Crippen LogP contribution in [0.5, 0.6) is 5.75 Å². The molecule has 120 valence electrons. The van der Waals surface area contributed by atoms with E-state index >= 15 is 0 Å². The van der Waals surface area contributed by atoms with E-state index in [0.717, 1.165) is 6.42 Å². The van der Waals surface area contributed by atoms with Crippen molar-refractivity contribution in [3.63, 3.8) is 0 Å². The van der Waals surface area contributed by atoms with E-state index in [1.807, 2.05) is 11.8 Å². The van der Waals surface area contributed by atoms with Gasteiger partial charge in [0.1, 0.15) is 5.75 Å². The summed E-state index contributed by atoms with van der Waals surface area (Å²) in [7, 11) is 1.54. The van der Waals surface area contributed by atoms with Gasteiger partial charge in [0.2, 0.25) is 5.91 Å². The number of piperazine rings is 1. The SMILES string of the molecule is CCCC(=O)N1CCN(C(=O)c2ccc(OC)c(Cl)c2)CC1. The van der Waals surface area contributed by atoms with Gasteiger partial charge in [-0.3, -0.25) is 9.59 Å². The molecule has 0 saturated carbocycles. The van der Waals surface area contributed by atoms with Gasteiger partial charge in [-0.25, -0.2) is 0 Å². The molecule has 0 unspecified atom stereocenters. The highest BCUT2D eigenvalue weighted by molar-refractivity contribution is 6.32. The quantitative estimate of drug-likeness (QED) is 0.854. The van der Waals surface area contributed by atoms with Gasteiger partial charge in [-0.2, -0.15) is 0 Å². The van der Waals surface area contributed by atoms with E-state index in [4.69, 9.17) is 16.3 Å². The molecule has 5 nitrogen and oxygen atoms in total. The molecule has 6 heteroatoms. The lowest BCUT2D eigenvalue weighted by atomic mass is 10.1. The number of carbonyl (C=O) groups excluding carboxylic acids is 2. The predicted molar refractivity (Wildman–Crippen MR) is 85.4 cm³/mol. The number of hydrogen-bond donors (Lipinski definition) is 0. The van der Waals surface area contributed by atoms with Crippen LogP contribution in [0.3, 0.4) is 0 Å². The Labute approximate surface area is 135 Å². The highest BCUT2D eigenvalue weighted by atomic mass is 35.5. The zero-order chi connectivity index (χ0) is 16.1. The maximum Gasteiger partial charge on any atom is 0.254 e. The summed E-state index contributed by atoms with van der Waals surface area (Å²) in [5.41, 5.74) is 0.541. The molecular formula is C16H21ClN2O3. The molecule has 0 aromatic heterocycles. The van der Waals surface area contributed by atoms with Crippen LogP contribution >= 0.6 is 11.6 Å². The van der Waals surface area contributed by atoms with Gasteiger partial charge in [0.05, 0.1) is 12.1 Å². The van der Waals surface area contributed by atoms with Gasteiger partial charge in [-0.1, -0.05) is 18.5 Å². The number of amides is 2. The first kappa shape index (κ1) is 16.6. The number of carbonyl (C=O) groups is 2. The number of methoxy groups -OCH3 is 1. The van der Waals surface area contributed by atoms with Crippen molar-refractivity contribution >= 4 is 23.4 Å². The van der Waals surface area contributed by atoms with Crippen LogP contribution in [0.1, 0.15) is 30.1 Å². The third-order valence-electron chi connectivity index (χ3n) is 3.78. The molecule has 0 bridgehead atoms. The Balaban J connectivity index is 1.98. The van der Waals surface area contributed by atoms with Gasteiger partial charge >= 0.3 is 0 Å². The van der Waals surface area contributed by atoms with Crippen LogP contribution in [0.4, 0.5) is 0 Å². The zero-order valence-electron chi connectivity index (χ0n) is 13.0. The van der Waals surface area contributed by atoms with Crippen molar-refractivity contribution in [3.05, 3.63) is 28.8 Å². The largest absolute Gasteiger partial charge is 0.495 e. The van der Waals surface area contributed by atoms with E-state index in [-0.39, 0.29) is 11.8 Å². The Morgan fingerprint density at radius 1 is 1.18 bits per heavy atom. The molecule has 0 spiro atoms. The molecule has 0 atom stereocenters. The second-order valence-electron chi connectivity index (χ2n) is 5.27. The number of rotatable bonds is 4. The van der Waals surface area contributed by atoms with Crippen molar-refractivity contribution in [3.8, 4) is 5.75 Å². The Morgan fingerprint density at radius 3 is 2.36 bits per heavy atom. The molecule has 0 N–H and O–H groups in total. The maximum absolute atomic E-state index is 12.5. The molecule has 1 aliphatic rings. The summed E-state index contributed by atoms with van der Waals surface area (Å²) in [4.78, 5) is 27.9. The summed E-state index contributed by atoms with van der Waals surface area (Å²) in [6.45, 7) is 4.28. The first-order valence-corrected chi connectivity index (χ1v) is 7.85. The molecular weight excluding hydrogens is 304 g/mol. The van der Waals surface area contributed by atoms with Gasteiger partial charge in [0.25, 0.3) is 5.91 Å². The Kier molecular flexibility index (Phi) is 5.66. The predicted octanol–water partition coefficient (Wildman–Crippen LogP) is 2.43. The fourth-order valence-corrected chi connectivity index (χ4v) is 2.77. The zero-order valence-corrected chi connectivity index (χ0v) is 13.7. The molecule has 0 aliphatic carbocycles. The fraction of sp³-hybridized carbons (Fsp3) is 0.500. The van der Waals surface area contributed by atoms with Crippen molar-refractivity contribution in [1.29, 1.82) is 0 Å². The Bertz CT molecular complexity index is 554. The molecule has 1 aliphatic heterocycles. The van der Waals surface area contributed by atoms with Crippen molar-refractivity contribution < 1.29 is 14.3 Å². The summed E-state index contributed by atoms with van der Waals surface area (Å²) in [5.74, 6) is 0.655. The van der Waals surface area contributed by atoms with Crippen LogP contribution < -0.4 is 4.74 Å². The van der Waals surface area contributed by atoms with Gasteiger partial charge < -0.3 is 14.5 Å². The molecule has 2 rings (SSSR count). The van der Waals surface area contributed by atoms with Gasteiger partial charge in [0.15, 0.2) is 0 Å². The van der Waals surface area contributed by atoms with Crippen LogP contribution in [-0.4, -0.2) is 54.9 Å². The molecule has 1 aromatic rings. The molecule has 1 fully saturated rings. The highest BCUT2D eigenvalue weighted by Crippen LogP contribution is 2.25. The minimum atomic E-state index is -0.0628. The molecule has 1 saturated heterocycles. The fourth-order valence-electron chi connectivity index (χ4n) is 2.51. The van der Waals surface area contributed by atoms with Crippen molar-refractivity contribution in [2.45, 2.75) is 19.8 Å². The molecule has 1 aromatic carbocycles. The van der Waals surface area contributed by atoms with Crippen LogP contribution in [0, 0.1) is 0 Å². The molecule has 0 radical (unpaired) electrons. The summed E-state index contributed by atoms with van der Waals surface area (Å²) >= 11 is 6.06. The number of ether oxygens (including phenoxy) is 1. The minimum Gasteiger partial charge on any atom is -0.495 e. The number of hydrogen-bond acceptors (Lipinski definition) is 3. The maximum atomic E-state index is 12.5. The number of halogens is 1. The Hall–Kier alpha value is -1.75. The number of benzene rings is 1. The van der Waals surface area contributed by atoms with Crippen molar-refractivity contribution in [2.24, 2.45) is 0 Å². The van der Waals surface area contributed by atoms with Gasteiger partial charge in [-0.05, 0) is 24.6 Å². The second kappa shape index (κ2) is 7.49. The van der Waals surface area contributed by atoms with E-state index in [1.165, 1.54) is 7.11 Å². The summed E-state index contributed by atoms with van der Waals surface area (Å²) < 4.78 is 5.09. The van der Waals surface area contributed by atoms with Gasteiger partial charge in [0, 0.05) is 38.2 Å². The number of nitrogens with zero attached hydrogens (tertiary/aromatic N) is 2. The van der Waals surface area contributed by atoms with E-state index in [0.29, 0.717) is 48.9 Å². The monoisotopic (exact) mass is 324 g/mol. The second-order valence-corrected chi connectivity index (χ2v) is 5.68. The average molecular weight is 325 g/mol. The summed E-state index contributed by atoms with van der Waals surface area (Å²) in [5, 5.41) is 0.421. The van der Waals surface area contributed by atoms with E-state index in [2.05, 4.69) is 0 Å². The smallest absolute Gasteiger partial charge is 0.254 e. The van der Waals surface area contributed by atoms with E-state index < -0.39 is 0 Å². The third kappa shape index (κ3) is 3.71. The first-order chi connectivity index (χ1) is 10.6. The van der Waals surface area contributed by atoms with E-state index in [9.17, 15) is 9.59 Å². The lowest BCUT2D eigenvalue weighted by molar-refractivity contribution is -0.132. The minimum absolute atomic E-state index is 0.0628. The topological polar surface area (TPSA) is 49.9 Å². The summed E-state index contributed by atoms with van der Waals surface area (Å²) in [6.07, 6.45) is 1.42. The van der Waals surface area contributed by atoms with Crippen LogP contribution in [0.25, 0.3) is 0 Å². The van der Waals surface area contributed by atoms with Crippen LogP contribution in [0.15, 0.2) is 18.2 Å². The van der Waals surface area contributed by atoms with Crippen LogP contribution in [0.2, 0.25) is 5.02 Å². The normalized spacial score (nSPS) is 14.9. The lowest BCUT2D eigenvalue weighted by Gasteiger charge is -2.35. The van der Waals surface area contributed by atoms with Crippen molar-refractivity contribution in [2.75, 3.05) is 33.3 Å². The molecule has 1 heterocycles. The highest BCUT2D eigenvalue weighted by Gasteiger charge is 2.24. The van der Waals surface area contributed by atoms with E-state index in [1.54, 1.807) is 23.1 Å². The lowest BCUT2D eigenvalue weighted by Crippen LogP contribution is -2.50. The first-order valence-electron chi connectivity index (χ1n) is 7.47. The molecule has 22 heavy (non-hydrogen) atoms. The van der Waals surface area contributed by atoms with Crippen LogP contribution in [-0.2, 0) is 4.79 Å². The molecule has 2 amide bonds. The van der Waals surface area contributed by atoms with Crippen molar-refractivity contribution in [1.82, 2.24) is 9.80 Å². The summed E-state index contributed by atoms with van der Waals surface area (Å²) in [6, 6.07) is 5.02. The Morgan fingerprint density at radius 2 is 1.82 bits per heavy atom.